The van der Waals surface area contributed by atoms with Crippen molar-refractivity contribution in [3.05, 3.63) is 23.3 Å². The predicted octanol–water partition coefficient (Wildman–Crippen LogP) is 0.432. The molecule has 0 radical (unpaired) electrons. The van der Waals surface area contributed by atoms with E-state index >= 15 is 0 Å². The summed E-state index contributed by atoms with van der Waals surface area (Å²) in [5.41, 5.74) is 5.77. The van der Waals surface area contributed by atoms with E-state index in [2.05, 4.69) is 15.4 Å². The first-order valence-corrected chi connectivity index (χ1v) is 5.49. The molecule has 0 aliphatic heterocycles. The summed E-state index contributed by atoms with van der Waals surface area (Å²) in [6, 6.07) is 3.64. The lowest BCUT2D eigenvalue weighted by Crippen LogP contribution is -2.19. The van der Waals surface area contributed by atoms with Gasteiger partial charge < -0.3 is 11.1 Å². The minimum atomic E-state index is -0.283. The van der Waals surface area contributed by atoms with Gasteiger partial charge in [-0.15, -0.1) is 16.4 Å². The van der Waals surface area contributed by atoms with Crippen LogP contribution in [0, 0.1) is 11.3 Å². The molecule has 17 heavy (non-hydrogen) atoms. The van der Waals surface area contributed by atoms with Gasteiger partial charge in [0.2, 0.25) is 11.9 Å². The Hall–Kier alpha value is -2.40. The van der Waals surface area contributed by atoms with Crippen LogP contribution in [-0.4, -0.2) is 20.7 Å². The summed E-state index contributed by atoms with van der Waals surface area (Å²) in [4.78, 5) is 15.3. The van der Waals surface area contributed by atoms with Crippen LogP contribution in [0.2, 0.25) is 0 Å². The molecule has 0 spiro atoms. The van der Waals surface area contributed by atoms with E-state index in [0.717, 1.165) is 0 Å². The van der Waals surface area contributed by atoms with E-state index in [1.165, 1.54) is 22.3 Å². The van der Waals surface area contributed by atoms with E-state index in [1.807, 2.05) is 6.07 Å². The molecule has 2 aromatic rings. The molecule has 86 valence electrons. The van der Waals surface area contributed by atoms with E-state index in [1.54, 1.807) is 11.4 Å². The number of nitrogen functional groups attached to an aromatic ring is 1. The lowest BCUT2D eigenvalue weighted by atomic mass is 10.3. The Morgan fingerprint density at radius 2 is 2.53 bits per heavy atom. The van der Waals surface area contributed by atoms with E-state index in [-0.39, 0.29) is 18.4 Å². The molecule has 0 aliphatic rings. The lowest BCUT2D eigenvalue weighted by molar-refractivity contribution is -0.116. The zero-order chi connectivity index (χ0) is 12.3. The number of anilines is 2. The molecule has 0 aromatic carbocycles. The van der Waals surface area contributed by atoms with Crippen LogP contribution < -0.4 is 11.1 Å². The molecule has 0 unspecified atom stereocenters. The third-order valence-corrected chi connectivity index (χ3v) is 2.73. The molecule has 0 aliphatic carbocycles. The van der Waals surface area contributed by atoms with Gasteiger partial charge in [-0.2, -0.15) is 5.26 Å². The van der Waals surface area contributed by atoms with Crippen molar-refractivity contribution in [2.45, 2.75) is 6.54 Å². The van der Waals surface area contributed by atoms with Crippen molar-refractivity contribution < 1.29 is 4.79 Å². The number of thiophene rings is 1. The summed E-state index contributed by atoms with van der Waals surface area (Å²) in [7, 11) is 0. The Kier molecular flexibility index (Phi) is 3.02. The molecule has 0 saturated carbocycles. The SMILES string of the molecule is N#Cc1ccsc1NC(=O)Cn1cnc(N)n1. The predicted molar refractivity (Wildman–Crippen MR) is 62.1 cm³/mol. The van der Waals surface area contributed by atoms with Gasteiger partial charge in [0, 0.05) is 0 Å². The van der Waals surface area contributed by atoms with Crippen LogP contribution >= 0.6 is 11.3 Å². The summed E-state index contributed by atoms with van der Waals surface area (Å²) >= 11 is 1.29. The first-order valence-electron chi connectivity index (χ1n) is 4.61. The maximum atomic E-state index is 11.6. The van der Waals surface area contributed by atoms with Crippen molar-refractivity contribution in [1.29, 1.82) is 5.26 Å². The van der Waals surface area contributed by atoms with E-state index in [9.17, 15) is 4.79 Å². The van der Waals surface area contributed by atoms with Gasteiger partial charge in [0.15, 0.2) is 0 Å². The van der Waals surface area contributed by atoms with Crippen LogP contribution in [-0.2, 0) is 11.3 Å². The number of nitrogens with zero attached hydrogens (tertiary/aromatic N) is 4. The summed E-state index contributed by atoms with van der Waals surface area (Å²) in [5.74, 6) is -0.166. The molecule has 7 nitrogen and oxygen atoms in total. The van der Waals surface area contributed by atoms with Crippen molar-refractivity contribution in [1.82, 2.24) is 14.8 Å². The summed E-state index contributed by atoms with van der Waals surface area (Å²) < 4.78 is 1.32. The van der Waals surface area contributed by atoms with Crippen molar-refractivity contribution in [2.75, 3.05) is 11.1 Å². The fourth-order valence-electron chi connectivity index (χ4n) is 1.19. The minimum absolute atomic E-state index is 0.00691. The second-order valence-corrected chi connectivity index (χ2v) is 4.04. The number of aromatic nitrogens is 3. The van der Waals surface area contributed by atoms with Gasteiger partial charge in [0.1, 0.15) is 23.9 Å². The number of amides is 1. The number of nitriles is 1. The Morgan fingerprint density at radius 3 is 3.18 bits per heavy atom. The molecule has 2 rings (SSSR count). The monoisotopic (exact) mass is 248 g/mol. The number of nitrogens with one attached hydrogen (secondary N) is 1. The Bertz CT molecular complexity index is 580. The van der Waals surface area contributed by atoms with Gasteiger partial charge in [0.25, 0.3) is 0 Å². The lowest BCUT2D eigenvalue weighted by Gasteiger charge is -2.02. The van der Waals surface area contributed by atoms with Crippen LogP contribution in [0.15, 0.2) is 17.8 Å². The zero-order valence-corrected chi connectivity index (χ0v) is 9.44. The normalized spacial score (nSPS) is 9.82. The Morgan fingerprint density at radius 1 is 1.71 bits per heavy atom. The third-order valence-electron chi connectivity index (χ3n) is 1.90. The first kappa shape index (κ1) is 11.1. The molecule has 3 N–H and O–H groups in total. The average Bonchev–Trinajstić information content (AvgIpc) is 2.87. The van der Waals surface area contributed by atoms with Crippen molar-refractivity contribution in [3.63, 3.8) is 0 Å². The topological polar surface area (TPSA) is 110 Å². The first-order chi connectivity index (χ1) is 8.19. The number of carbonyl (C=O) groups excluding carboxylic acids is 1. The maximum Gasteiger partial charge on any atom is 0.246 e. The molecule has 0 bridgehead atoms. The van der Waals surface area contributed by atoms with Crippen LogP contribution in [0.4, 0.5) is 10.9 Å². The smallest absolute Gasteiger partial charge is 0.246 e. The summed E-state index contributed by atoms with van der Waals surface area (Å²) in [6.07, 6.45) is 1.37. The highest BCUT2D eigenvalue weighted by Crippen LogP contribution is 2.21. The van der Waals surface area contributed by atoms with Gasteiger partial charge in [-0.25, -0.2) is 9.67 Å². The molecular formula is C9H8N6OS. The summed E-state index contributed by atoms with van der Waals surface area (Å²) in [5, 5.41) is 17.5. The fourth-order valence-corrected chi connectivity index (χ4v) is 1.95. The third kappa shape index (κ3) is 2.59. The largest absolute Gasteiger partial charge is 0.367 e. The van der Waals surface area contributed by atoms with E-state index in [0.29, 0.717) is 10.6 Å². The van der Waals surface area contributed by atoms with Crippen LogP contribution in [0.1, 0.15) is 5.56 Å². The van der Waals surface area contributed by atoms with Crippen LogP contribution in [0.25, 0.3) is 0 Å². The molecule has 1 amide bonds. The maximum absolute atomic E-state index is 11.6. The van der Waals surface area contributed by atoms with Gasteiger partial charge in [-0.1, -0.05) is 0 Å². The van der Waals surface area contributed by atoms with Crippen LogP contribution in [0.3, 0.4) is 0 Å². The Balaban J connectivity index is 2.01. The highest BCUT2D eigenvalue weighted by Gasteiger charge is 2.09. The quantitative estimate of drug-likeness (QED) is 0.818. The van der Waals surface area contributed by atoms with Gasteiger partial charge in [0.05, 0.1) is 5.56 Å². The van der Waals surface area contributed by atoms with Gasteiger partial charge in [-0.3, -0.25) is 4.79 Å². The van der Waals surface area contributed by atoms with Gasteiger partial charge >= 0.3 is 0 Å². The second-order valence-electron chi connectivity index (χ2n) is 3.12. The minimum Gasteiger partial charge on any atom is -0.367 e. The van der Waals surface area contributed by atoms with Gasteiger partial charge in [-0.05, 0) is 11.4 Å². The number of hydrogen-bond donors (Lipinski definition) is 2. The van der Waals surface area contributed by atoms with E-state index in [4.69, 9.17) is 11.0 Å². The van der Waals surface area contributed by atoms with Crippen molar-refractivity contribution >= 4 is 28.2 Å². The molecule has 0 saturated heterocycles. The Labute approximate surface area is 100 Å². The van der Waals surface area contributed by atoms with E-state index < -0.39 is 0 Å². The molecular weight excluding hydrogens is 240 g/mol. The number of rotatable bonds is 3. The standard InChI is InChI=1S/C9H8N6OS/c10-3-6-1-2-17-8(6)13-7(16)4-15-5-12-9(11)14-15/h1-2,5H,4H2,(H2,11,14)(H,13,16). The zero-order valence-electron chi connectivity index (χ0n) is 8.62. The number of nitrogens with two attached hydrogens (primary N) is 1. The molecule has 2 heterocycles. The second kappa shape index (κ2) is 4.63. The molecule has 8 heteroatoms. The van der Waals surface area contributed by atoms with Crippen molar-refractivity contribution in [2.24, 2.45) is 0 Å². The number of carbonyl (C=O) groups is 1. The fraction of sp³-hybridized carbons (Fsp3) is 0.111. The molecule has 2 aromatic heterocycles. The summed E-state index contributed by atoms with van der Waals surface area (Å²) in [6.45, 7) is 0.00691. The molecule has 0 atom stereocenters. The van der Waals surface area contributed by atoms with Crippen LogP contribution in [0.5, 0.6) is 0 Å². The van der Waals surface area contributed by atoms with Crippen molar-refractivity contribution in [3.8, 4) is 6.07 Å². The average molecular weight is 248 g/mol. The number of hydrogen-bond acceptors (Lipinski definition) is 6. The molecule has 0 fully saturated rings. The highest BCUT2D eigenvalue weighted by atomic mass is 32.1. The highest BCUT2D eigenvalue weighted by molar-refractivity contribution is 7.14.